The van der Waals surface area contributed by atoms with E-state index >= 15 is 0 Å². The predicted octanol–water partition coefficient (Wildman–Crippen LogP) is 3.07. The Labute approximate surface area is 119 Å². The Balaban J connectivity index is 1.75. The average molecular weight is 271 g/mol. The van der Waals surface area contributed by atoms with Crippen molar-refractivity contribution in [1.29, 1.82) is 0 Å². The third-order valence-corrected chi connectivity index (χ3v) is 4.16. The van der Waals surface area contributed by atoms with Crippen LogP contribution in [0.4, 0.5) is 0 Å². The number of imidazole rings is 1. The van der Waals surface area contributed by atoms with Crippen LogP contribution in [0.3, 0.4) is 0 Å². The maximum atomic E-state index is 5.96. The topological polar surface area (TPSA) is 63.9 Å². The number of aromatic nitrogens is 2. The third-order valence-electron chi connectivity index (χ3n) is 4.16. The van der Waals surface area contributed by atoms with E-state index in [4.69, 9.17) is 10.5 Å². The van der Waals surface area contributed by atoms with Gasteiger partial charge in [0, 0.05) is 12.0 Å². The molecule has 1 aromatic heterocycles. The van der Waals surface area contributed by atoms with Gasteiger partial charge in [0.05, 0.1) is 19.0 Å². The van der Waals surface area contributed by atoms with Gasteiger partial charge in [-0.2, -0.15) is 0 Å². The summed E-state index contributed by atoms with van der Waals surface area (Å²) >= 11 is 0. The molecule has 1 heterocycles. The van der Waals surface area contributed by atoms with Crippen LogP contribution < -0.4 is 10.5 Å². The number of benzene rings is 1. The molecule has 0 amide bonds. The molecule has 2 aromatic rings. The van der Waals surface area contributed by atoms with Gasteiger partial charge in [-0.3, -0.25) is 0 Å². The van der Waals surface area contributed by atoms with Crippen LogP contribution in [0, 0.1) is 0 Å². The summed E-state index contributed by atoms with van der Waals surface area (Å²) in [7, 11) is 1.68. The van der Waals surface area contributed by atoms with E-state index in [2.05, 4.69) is 9.97 Å². The first-order chi connectivity index (χ1) is 9.76. The number of hydrogen-bond acceptors (Lipinski definition) is 3. The van der Waals surface area contributed by atoms with Crippen molar-refractivity contribution in [1.82, 2.24) is 9.97 Å². The Hall–Kier alpha value is -1.81. The van der Waals surface area contributed by atoms with E-state index in [1.165, 1.54) is 0 Å². The Kier molecular flexibility index (Phi) is 3.74. The highest BCUT2D eigenvalue weighted by atomic mass is 16.5. The van der Waals surface area contributed by atoms with E-state index in [0.717, 1.165) is 48.5 Å². The summed E-state index contributed by atoms with van der Waals surface area (Å²) in [4.78, 5) is 8.01. The zero-order valence-electron chi connectivity index (χ0n) is 11.8. The normalized spacial score (nSPS) is 22.7. The maximum Gasteiger partial charge on any atom is 0.118 e. The van der Waals surface area contributed by atoms with Gasteiger partial charge >= 0.3 is 0 Å². The number of methoxy groups -OCH3 is 1. The lowest BCUT2D eigenvalue weighted by molar-refractivity contribution is 0.386. The number of hydrogen-bond donors (Lipinski definition) is 2. The van der Waals surface area contributed by atoms with Crippen LogP contribution in [-0.2, 0) is 0 Å². The monoisotopic (exact) mass is 271 g/mol. The van der Waals surface area contributed by atoms with E-state index in [0.29, 0.717) is 12.0 Å². The van der Waals surface area contributed by atoms with Gasteiger partial charge in [0.2, 0.25) is 0 Å². The van der Waals surface area contributed by atoms with Gasteiger partial charge in [-0.1, -0.05) is 0 Å². The Morgan fingerprint density at radius 3 is 2.50 bits per heavy atom. The smallest absolute Gasteiger partial charge is 0.118 e. The average Bonchev–Trinajstić information content (AvgIpc) is 2.98. The molecule has 1 aromatic carbocycles. The zero-order chi connectivity index (χ0) is 13.9. The van der Waals surface area contributed by atoms with E-state index in [-0.39, 0.29) is 0 Å². The molecule has 3 N–H and O–H groups in total. The molecular formula is C16H21N3O. The maximum absolute atomic E-state index is 5.96. The molecule has 0 unspecified atom stereocenters. The number of rotatable bonds is 3. The molecule has 20 heavy (non-hydrogen) atoms. The van der Waals surface area contributed by atoms with Crippen molar-refractivity contribution in [2.45, 2.75) is 37.6 Å². The van der Waals surface area contributed by atoms with Gasteiger partial charge in [-0.05, 0) is 55.5 Å². The van der Waals surface area contributed by atoms with Crippen LogP contribution in [0.2, 0.25) is 0 Å². The minimum absolute atomic E-state index is 0.377. The van der Waals surface area contributed by atoms with Crippen LogP contribution in [0.1, 0.15) is 37.4 Å². The van der Waals surface area contributed by atoms with Gasteiger partial charge in [0.25, 0.3) is 0 Å². The first kappa shape index (κ1) is 13.2. The summed E-state index contributed by atoms with van der Waals surface area (Å²) in [5.41, 5.74) is 8.16. The van der Waals surface area contributed by atoms with Gasteiger partial charge in [-0.15, -0.1) is 0 Å². The highest BCUT2D eigenvalue weighted by molar-refractivity contribution is 5.59. The summed E-state index contributed by atoms with van der Waals surface area (Å²) in [5, 5.41) is 0. The van der Waals surface area contributed by atoms with Crippen LogP contribution >= 0.6 is 0 Å². The van der Waals surface area contributed by atoms with E-state index < -0.39 is 0 Å². The van der Waals surface area contributed by atoms with Crippen molar-refractivity contribution < 1.29 is 4.74 Å². The molecule has 0 spiro atoms. The highest BCUT2D eigenvalue weighted by Crippen LogP contribution is 2.31. The third kappa shape index (κ3) is 2.70. The number of aromatic amines is 1. The first-order valence-corrected chi connectivity index (χ1v) is 7.21. The van der Waals surface area contributed by atoms with Crippen LogP contribution in [-0.4, -0.2) is 23.1 Å². The van der Waals surface area contributed by atoms with E-state index in [1.54, 1.807) is 7.11 Å². The number of nitrogens with one attached hydrogen (secondary N) is 1. The number of ether oxygens (including phenoxy) is 1. The second kappa shape index (κ2) is 5.67. The van der Waals surface area contributed by atoms with Crippen LogP contribution in [0.15, 0.2) is 30.5 Å². The number of nitrogens with two attached hydrogens (primary N) is 1. The van der Waals surface area contributed by atoms with Gasteiger partial charge in [0.1, 0.15) is 11.6 Å². The molecule has 0 aliphatic heterocycles. The Morgan fingerprint density at radius 1 is 1.15 bits per heavy atom. The summed E-state index contributed by atoms with van der Waals surface area (Å²) in [5.74, 6) is 2.50. The van der Waals surface area contributed by atoms with Crippen molar-refractivity contribution in [3.63, 3.8) is 0 Å². The zero-order valence-corrected chi connectivity index (χ0v) is 11.8. The lowest BCUT2D eigenvalue weighted by Crippen LogP contribution is -2.26. The van der Waals surface area contributed by atoms with E-state index in [1.807, 2.05) is 30.5 Å². The van der Waals surface area contributed by atoms with Crippen LogP contribution in [0.25, 0.3) is 11.3 Å². The lowest BCUT2D eigenvalue weighted by Gasteiger charge is -2.24. The van der Waals surface area contributed by atoms with E-state index in [9.17, 15) is 0 Å². The SMILES string of the molecule is COc1ccc(-c2cnc(C3CCC(N)CC3)[nH]2)cc1. The molecule has 3 rings (SSSR count). The highest BCUT2D eigenvalue weighted by Gasteiger charge is 2.22. The summed E-state index contributed by atoms with van der Waals surface area (Å²) in [6, 6.07) is 8.41. The van der Waals surface area contributed by atoms with Gasteiger partial charge in [0.15, 0.2) is 0 Å². The number of H-pyrrole nitrogens is 1. The Bertz CT molecular complexity index is 553. The van der Waals surface area contributed by atoms with Gasteiger partial charge < -0.3 is 15.5 Å². The molecule has 0 atom stereocenters. The van der Waals surface area contributed by atoms with Gasteiger partial charge in [-0.25, -0.2) is 4.98 Å². The summed E-state index contributed by atoms with van der Waals surface area (Å²) in [6.07, 6.45) is 6.39. The molecule has 0 radical (unpaired) electrons. The molecule has 1 saturated carbocycles. The fourth-order valence-electron chi connectivity index (χ4n) is 2.85. The molecule has 1 aliphatic rings. The van der Waals surface area contributed by atoms with Crippen molar-refractivity contribution in [3.05, 3.63) is 36.3 Å². The largest absolute Gasteiger partial charge is 0.497 e. The molecule has 1 aliphatic carbocycles. The minimum atomic E-state index is 0.377. The second-order valence-electron chi connectivity index (χ2n) is 5.52. The molecule has 0 saturated heterocycles. The molecule has 4 heteroatoms. The quantitative estimate of drug-likeness (QED) is 0.901. The summed E-state index contributed by atoms with van der Waals surface area (Å²) in [6.45, 7) is 0. The van der Waals surface area contributed by atoms with Crippen molar-refractivity contribution in [2.75, 3.05) is 7.11 Å². The molecule has 106 valence electrons. The van der Waals surface area contributed by atoms with Crippen molar-refractivity contribution >= 4 is 0 Å². The second-order valence-corrected chi connectivity index (χ2v) is 5.52. The fourth-order valence-corrected chi connectivity index (χ4v) is 2.85. The number of nitrogens with zero attached hydrogens (tertiary/aromatic N) is 1. The standard InChI is InChI=1S/C16H21N3O/c1-20-14-8-4-11(5-9-14)15-10-18-16(19-15)12-2-6-13(17)7-3-12/h4-5,8-10,12-13H,2-3,6-7,17H2,1H3,(H,18,19). The Morgan fingerprint density at radius 2 is 1.85 bits per heavy atom. The molecule has 1 fully saturated rings. The molecular weight excluding hydrogens is 250 g/mol. The fraction of sp³-hybridized carbons (Fsp3) is 0.438. The van der Waals surface area contributed by atoms with Crippen LogP contribution in [0.5, 0.6) is 5.75 Å². The van der Waals surface area contributed by atoms with Crippen molar-refractivity contribution in [2.24, 2.45) is 5.73 Å². The lowest BCUT2D eigenvalue weighted by atomic mass is 9.86. The minimum Gasteiger partial charge on any atom is -0.497 e. The predicted molar refractivity (Wildman–Crippen MR) is 79.8 cm³/mol. The van der Waals surface area contributed by atoms with Crippen molar-refractivity contribution in [3.8, 4) is 17.0 Å². The molecule has 0 bridgehead atoms. The summed E-state index contributed by atoms with van der Waals surface area (Å²) < 4.78 is 5.18. The molecule has 4 nitrogen and oxygen atoms in total. The first-order valence-electron chi connectivity index (χ1n) is 7.21.